The molecule has 1 aliphatic heterocycles. The molecule has 0 N–H and O–H groups in total. The highest BCUT2D eigenvalue weighted by Crippen LogP contribution is 2.38. The molecular formula is C11H8BrClF3NO4S. The Morgan fingerprint density at radius 2 is 2.00 bits per heavy atom. The number of alkyl halides is 3. The molecule has 5 nitrogen and oxygen atoms in total. The number of carbonyl (C=O) groups excluding carboxylic acids is 1. The molecule has 1 atom stereocenters. The van der Waals surface area contributed by atoms with Crippen molar-refractivity contribution >= 4 is 47.3 Å². The first-order valence-corrected chi connectivity index (χ1v) is 8.93. The first kappa shape index (κ1) is 17.4. The molecule has 0 aromatic heterocycles. The van der Waals surface area contributed by atoms with E-state index in [1.54, 1.807) is 0 Å². The first-order valence-electron chi connectivity index (χ1n) is 5.76. The molecule has 0 radical (unpaired) electrons. The molecular weight excluding hydrogens is 415 g/mol. The van der Waals surface area contributed by atoms with Gasteiger partial charge in [-0.1, -0.05) is 15.9 Å². The quantitative estimate of drug-likeness (QED) is 0.703. The van der Waals surface area contributed by atoms with E-state index in [0.29, 0.717) is 4.47 Å². The van der Waals surface area contributed by atoms with E-state index in [2.05, 4.69) is 20.7 Å². The van der Waals surface area contributed by atoms with E-state index in [9.17, 15) is 26.4 Å². The van der Waals surface area contributed by atoms with Gasteiger partial charge in [0, 0.05) is 28.1 Å². The van der Waals surface area contributed by atoms with Gasteiger partial charge in [0.05, 0.1) is 5.69 Å². The summed E-state index contributed by atoms with van der Waals surface area (Å²) in [7, 11) is 1.21. The van der Waals surface area contributed by atoms with Gasteiger partial charge >= 0.3 is 6.36 Å². The second kappa shape index (κ2) is 5.89. The number of hydrogen-bond donors (Lipinski definition) is 0. The summed E-state index contributed by atoms with van der Waals surface area (Å²) < 4.78 is 64.1. The summed E-state index contributed by atoms with van der Waals surface area (Å²) in [6.45, 7) is -0.333. The lowest BCUT2D eigenvalue weighted by Crippen LogP contribution is -2.28. The van der Waals surface area contributed by atoms with Gasteiger partial charge in [0.2, 0.25) is 15.0 Å². The summed E-state index contributed by atoms with van der Waals surface area (Å²) in [5.41, 5.74) is -0.173. The zero-order valence-corrected chi connectivity index (χ0v) is 13.8. The molecule has 0 aliphatic carbocycles. The van der Waals surface area contributed by atoms with Crippen LogP contribution < -0.4 is 9.64 Å². The highest BCUT2D eigenvalue weighted by Gasteiger charge is 2.40. The summed E-state index contributed by atoms with van der Waals surface area (Å²) in [4.78, 5) is 12.8. The van der Waals surface area contributed by atoms with Crippen LogP contribution in [0.3, 0.4) is 0 Å². The summed E-state index contributed by atoms with van der Waals surface area (Å²) in [6, 6.07) is 3.68. The Morgan fingerprint density at radius 3 is 2.50 bits per heavy atom. The molecule has 0 saturated carbocycles. The fraction of sp³-hybridized carbons (Fsp3) is 0.364. The molecule has 1 heterocycles. The molecule has 1 aromatic carbocycles. The van der Waals surface area contributed by atoms with Crippen LogP contribution in [0.2, 0.25) is 0 Å². The van der Waals surface area contributed by atoms with Crippen LogP contribution in [0.15, 0.2) is 22.7 Å². The highest BCUT2D eigenvalue weighted by molar-refractivity contribution is 9.10. The second-order valence-corrected chi connectivity index (χ2v) is 8.29. The van der Waals surface area contributed by atoms with Gasteiger partial charge in [-0.2, -0.15) is 0 Å². The normalized spacial score (nSPS) is 19.6. The van der Waals surface area contributed by atoms with Crippen molar-refractivity contribution < 1.29 is 31.1 Å². The molecule has 2 rings (SSSR count). The minimum absolute atomic E-state index is 0.173. The summed E-state index contributed by atoms with van der Waals surface area (Å²) in [6.07, 6.45) is -5.34. The Bertz CT molecular complexity index is 710. The predicted molar refractivity (Wildman–Crippen MR) is 76.4 cm³/mol. The largest absolute Gasteiger partial charge is 0.573 e. The summed E-state index contributed by atoms with van der Waals surface area (Å²) >= 11 is 3.00. The zero-order valence-electron chi connectivity index (χ0n) is 10.6. The fourth-order valence-corrected chi connectivity index (χ4v) is 3.38. The Balaban J connectivity index is 2.39. The minimum Gasteiger partial charge on any atom is -0.404 e. The van der Waals surface area contributed by atoms with Crippen molar-refractivity contribution in [2.75, 3.05) is 11.4 Å². The molecule has 1 aromatic rings. The fourth-order valence-electron chi connectivity index (χ4n) is 2.01. The van der Waals surface area contributed by atoms with Crippen molar-refractivity contribution in [1.82, 2.24) is 0 Å². The molecule has 1 saturated heterocycles. The van der Waals surface area contributed by atoms with E-state index in [1.807, 2.05) is 0 Å². The number of hydrogen-bond acceptors (Lipinski definition) is 4. The van der Waals surface area contributed by atoms with Gasteiger partial charge in [-0.05, 0) is 18.2 Å². The predicted octanol–water partition coefficient (Wildman–Crippen LogP) is 3.02. The number of ether oxygens (including phenoxy) is 1. The molecule has 1 aliphatic rings. The number of halogens is 5. The van der Waals surface area contributed by atoms with Crippen LogP contribution in [0, 0.1) is 0 Å². The van der Waals surface area contributed by atoms with Gasteiger partial charge in [0.1, 0.15) is 5.25 Å². The molecule has 1 amide bonds. The van der Waals surface area contributed by atoms with Crippen molar-refractivity contribution in [3.63, 3.8) is 0 Å². The number of rotatable bonds is 3. The monoisotopic (exact) mass is 421 g/mol. The number of anilines is 1. The average Bonchev–Trinajstić information content (AvgIpc) is 2.69. The number of nitrogens with zero attached hydrogens (tertiary/aromatic N) is 1. The third kappa shape index (κ3) is 4.05. The molecule has 1 unspecified atom stereocenters. The van der Waals surface area contributed by atoms with Crippen LogP contribution in [-0.2, 0) is 13.8 Å². The third-order valence-corrected chi connectivity index (χ3v) is 5.29. The standard InChI is InChI=1S/C11H8BrClF3NO4S/c12-6-1-2-8(9(3-6)21-11(14,15)16)17-5-7(4-10(17)18)22(13,19)20/h1-3,7H,4-5H2. The maximum absolute atomic E-state index is 12.4. The lowest BCUT2D eigenvalue weighted by atomic mass is 10.2. The van der Waals surface area contributed by atoms with E-state index >= 15 is 0 Å². The maximum Gasteiger partial charge on any atom is 0.573 e. The van der Waals surface area contributed by atoms with Crippen LogP contribution in [-0.4, -0.2) is 32.5 Å². The minimum atomic E-state index is -4.95. The Labute approximate surface area is 136 Å². The molecule has 0 spiro atoms. The number of amides is 1. The first-order chi connectivity index (χ1) is 9.97. The van der Waals surface area contributed by atoms with Crippen LogP contribution in [0.25, 0.3) is 0 Å². The van der Waals surface area contributed by atoms with Crippen molar-refractivity contribution in [1.29, 1.82) is 0 Å². The van der Waals surface area contributed by atoms with Crippen molar-refractivity contribution in [2.45, 2.75) is 18.0 Å². The van der Waals surface area contributed by atoms with Gasteiger partial charge in [-0.15, -0.1) is 13.2 Å². The van der Waals surface area contributed by atoms with Crippen molar-refractivity contribution in [3.05, 3.63) is 22.7 Å². The van der Waals surface area contributed by atoms with Crippen LogP contribution >= 0.6 is 26.6 Å². The van der Waals surface area contributed by atoms with E-state index in [4.69, 9.17) is 10.7 Å². The van der Waals surface area contributed by atoms with Gasteiger partial charge in [0.15, 0.2) is 5.75 Å². The van der Waals surface area contributed by atoms with E-state index in [1.165, 1.54) is 12.1 Å². The average molecular weight is 423 g/mol. The van der Waals surface area contributed by atoms with Gasteiger partial charge in [0.25, 0.3) is 0 Å². The Hall–Kier alpha value is -1.00. The van der Waals surface area contributed by atoms with Crippen molar-refractivity contribution in [2.24, 2.45) is 0 Å². The summed E-state index contributed by atoms with van der Waals surface area (Å²) in [5, 5.41) is -1.18. The van der Waals surface area contributed by atoms with Crippen LogP contribution in [0.4, 0.5) is 18.9 Å². The van der Waals surface area contributed by atoms with E-state index in [-0.39, 0.29) is 12.2 Å². The molecule has 1 fully saturated rings. The van der Waals surface area contributed by atoms with Gasteiger partial charge < -0.3 is 9.64 Å². The smallest absolute Gasteiger partial charge is 0.404 e. The molecule has 122 valence electrons. The van der Waals surface area contributed by atoms with Crippen molar-refractivity contribution in [3.8, 4) is 5.75 Å². The summed E-state index contributed by atoms with van der Waals surface area (Å²) in [5.74, 6) is -1.26. The second-order valence-electron chi connectivity index (χ2n) is 4.47. The lowest BCUT2D eigenvalue weighted by molar-refractivity contribution is -0.274. The van der Waals surface area contributed by atoms with Crippen LogP contribution in [0.5, 0.6) is 5.75 Å². The lowest BCUT2D eigenvalue weighted by Gasteiger charge is -2.21. The number of benzene rings is 1. The number of carbonyl (C=O) groups is 1. The third-order valence-electron chi connectivity index (χ3n) is 2.93. The van der Waals surface area contributed by atoms with Gasteiger partial charge in [-0.25, -0.2) is 8.42 Å². The van der Waals surface area contributed by atoms with E-state index < -0.39 is 38.7 Å². The Kier molecular flexibility index (Phi) is 4.65. The van der Waals surface area contributed by atoms with E-state index in [0.717, 1.165) is 11.0 Å². The molecule has 22 heavy (non-hydrogen) atoms. The SMILES string of the molecule is O=C1CC(S(=O)(=O)Cl)CN1c1ccc(Br)cc1OC(F)(F)F. The maximum atomic E-state index is 12.4. The Morgan fingerprint density at radius 1 is 1.36 bits per heavy atom. The van der Waals surface area contributed by atoms with Crippen LogP contribution in [0.1, 0.15) is 6.42 Å². The molecule has 0 bridgehead atoms. The highest BCUT2D eigenvalue weighted by atomic mass is 79.9. The van der Waals surface area contributed by atoms with Gasteiger partial charge in [-0.3, -0.25) is 4.79 Å². The zero-order chi connectivity index (χ0) is 16.7. The topological polar surface area (TPSA) is 63.7 Å². The molecule has 11 heteroatoms.